The van der Waals surface area contributed by atoms with E-state index in [1.807, 2.05) is 37.3 Å². The molecular formula is C27H30ClN3O5. The number of nitrogens with one attached hydrogen (secondary N) is 2. The number of benzene rings is 2. The number of anilines is 1. The lowest BCUT2D eigenvalue weighted by atomic mass is 9.70. The Morgan fingerprint density at radius 3 is 2.56 bits per heavy atom. The number of carbonyl (C=O) groups is 3. The van der Waals surface area contributed by atoms with Crippen LogP contribution in [0.4, 0.5) is 5.69 Å². The van der Waals surface area contributed by atoms with Gasteiger partial charge in [-0.1, -0.05) is 48.9 Å². The van der Waals surface area contributed by atoms with E-state index < -0.39 is 41.5 Å². The van der Waals surface area contributed by atoms with Gasteiger partial charge in [-0.3, -0.25) is 14.4 Å². The number of ether oxygens (including phenoxy) is 1. The van der Waals surface area contributed by atoms with Crippen molar-refractivity contribution >= 4 is 35.0 Å². The SMILES string of the molecule is CC[C@@H](CO)N1C(=O)[C@@H]2[C@@H](C(=O)NCc3ccccc3)[C@H]3CCC2(O3)C1C(=O)Nc1ccc(Cl)cc1. The van der Waals surface area contributed by atoms with Gasteiger partial charge in [0.2, 0.25) is 17.7 Å². The minimum atomic E-state index is -1.12. The summed E-state index contributed by atoms with van der Waals surface area (Å²) in [5.41, 5.74) is 0.379. The summed E-state index contributed by atoms with van der Waals surface area (Å²) in [4.78, 5) is 42.4. The van der Waals surface area contributed by atoms with E-state index in [1.165, 1.54) is 4.90 Å². The first-order valence-corrected chi connectivity index (χ1v) is 12.8. The maximum Gasteiger partial charge on any atom is 0.250 e. The number of hydrogen-bond acceptors (Lipinski definition) is 5. The normalized spacial score (nSPS) is 29.2. The van der Waals surface area contributed by atoms with Gasteiger partial charge in [-0.15, -0.1) is 0 Å². The zero-order valence-electron chi connectivity index (χ0n) is 20.0. The van der Waals surface area contributed by atoms with Crippen LogP contribution in [0.15, 0.2) is 54.6 Å². The molecule has 9 heteroatoms. The number of nitrogens with zero attached hydrogens (tertiary/aromatic N) is 1. The van der Waals surface area contributed by atoms with Gasteiger partial charge in [-0.2, -0.15) is 0 Å². The Kier molecular flexibility index (Phi) is 6.76. The van der Waals surface area contributed by atoms with Crippen LogP contribution in [0.25, 0.3) is 0 Å². The highest BCUT2D eigenvalue weighted by atomic mass is 35.5. The number of fused-ring (bicyclic) bond motifs is 1. The molecule has 3 fully saturated rings. The van der Waals surface area contributed by atoms with Gasteiger partial charge >= 0.3 is 0 Å². The third kappa shape index (κ3) is 4.07. The minimum Gasteiger partial charge on any atom is -0.394 e. The van der Waals surface area contributed by atoms with Crippen molar-refractivity contribution in [2.75, 3.05) is 11.9 Å². The van der Waals surface area contributed by atoms with Crippen molar-refractivity contribution < 1.29 is 24.2 Å². The van der Waals surface area contributed by atoms with Gasteiger partial charge in [-0.25, -0.2) is 0 Å². The number of rotatable bonds is 8. The number of amides is 3. The predicted molar refractivity (Wildman–Crippen MR) is 134 cm³/mol. The van der Waals surface area contributed by atoms with Gasteiger partial charge in [0.25, 0.3) is 0 Å². The fourth-order valence-electron chi connectivity index (χ4n) is 6.14. The Balaban J connectivity index is 1.44. The molecule has 2 aromatic rings. The highest BCUT2D eigenvalue weighted by Crippen LogP contribution is 2.59. The smallest absolute Gasteiger partial charge is 0.250 e. The molecular weight excluding hydrogens is 482 g/mol. The molecule has 3 saturated heterocycles. The lowest BCUT2D eigenvalue weighted by Gasteiger charge is -2.36. The van der Waals surface area contributed by atoms with Crippen LogP contribution in [-0.4, -0.2) is 58.1 Å². The van der Waals surface area contributed by atoms with Crippen molar-refractivity contribution in [1.82, 2.24) is 10.2 Å². The minimum absolute atomic E-state index is 0.250. The van der Waals surface area contributed by atoms with Gasteiger partial charge in [0, 0.05) is 17.3 Å². The van der Waals surface area contributed by atoms with Crippen molar-refractivity contribution in [1.29, 1.82) is 0 Å². The fourth-order valence-corrected chi connectivity index (χ4v) is 6.27. The lowest BCUT2D eigenvalue weighted by Crippen LogP contribution is -2.56. The molecule has 0 radical (unpaired) electrons. The summed E-state index contributed by atoms with van der Waals surface area (Å²) >= 11 is 5.98. The number of carbonyl (C=O) groups excluding carboxylic acids is 3. The van der Waals surface area contributed by atoms with Gasteiger partial charge in [-0.05, 0) is 49.1 Å². The van der Waals surface area contributed by atoms with E-state index in [2.05, 4.69) is 10.6 Å². The van der Waals surface area contributed by atoms with Crippen molar-refractivity contribution in [2.45, 2.75) is 56.5 Å². The molecule has 190 valence electrons. The zero-order chi connectivity index (χ0) is 25.4. The Morgan fingerprint density at radius 2 is 1.89 bits per heavy atom. The average molecular weight is 512 g/mol. The van der Waals surface area contributed by atoms with E-state index in [1.54, 1.807) is 24.3 Å². The molecule has 3 heterocycles. The Bertz CT molecular complexity index is 1140. The topological polar surface area (TPSA) is 108 Å². The molecule has 3 N–H and O–H groups in total. The van der Waals surface area contributed by atoms with E-state index in [0.29, 0.717) is 36.5 Å². The number of aliphatic hydroxyl groups excluding tert-OH is 1. The van der Waals surface area contributed by atoms with E-state index in [0.717, 1.165) is 5.56 Å². The zero-order valence-corrected chi connectivity index (χ0v) is 20.8. The van der Waals surface area contributed by atoms with Crippen LogP contribution in [0.5, 0.6) is 0 Å². The molecule has 0 aliphatic carbocycles. The summed E-state index contributed by atoms with van der Waals surface area (Å²) in [5, 5.41) is 16.5. The standard InChI is InChI=1S/C27H30ClN3O5/c1-2-19(15-32)31-23(25(34)30-18-10-8-17(28)9-11-18)27-13-12-20(36-27)21(22(27)26(31)35)24(33)29-14-16-6-4-3-5-7-16/h3-11,19-23,32H,2,12-15H2,1H3,(H,29,33)(H,30,34)/t19-,20+,21-,22-,23?,27?/m0/s1. The summed E-state index contributed by atoms with van der Waals surface area (Å²) in [6.07, 6.45) is 1.11. The summed E-state index contributed by atoms with van der Waals surface area (Å²) in [6.45, 7) is 1.91. The summed E-state index contributed by atoms with van der Waals surface area (Å²) < 4.78 is 6.41. The third-order valence-electron chi connectivity index (χ3n) is 7.79. The van der Waals surface area contributed by atoms with E-state index in [-0.39, 0.29) is 18.4 Å². The monoisotopic (exact) mass is 511 g/mol. The van der Waals surface area contributed by atoms with Crippen molar-refractivity contribution in [3.8, 4) is 0 Å². The highest BCUT2D eigenvalue weighted by Gasteiger charge is 2.75. The molecule has 5 rings (SSSR count). The van der Waals surface area contributed by atoms with Crippen LogP contribution >= 0.6 is 11.6 Å². The quantitative estimate of drug-likeness (QED) is 0.505. The first kappa shape index (κ1) is 24.7. The summed E-state index contributed by atoms with van der Waals surface area (Å²) in [5.74, 6) is -2.43. The molecule has 3 amide bonds. The number of aliphatic hydroxyl groups is 1. The lowest BCUT2D eigenvalue weighted by molar-refractivity contribution is -0.144. The second-order valence-corrected chi connectivity index (χ2v) is 10.2. The summed E-state index contributed by atoms with van der Waals surface area (Å²) in [7, 11) is 0. The van der Waals surface area contributed by atoms with Crippen molar-refractivity contribution in [3.05, 3.63) is 65.2 Å². The Morgan fingerprint density at radius 1 is 1.17 bits per heavy atom. The largest absolute Gasteiger partial charge is 0.394 e. The molecule has 36 heavy (non-hydrogen) atoms. The predicted octanol–water partition coefficient (Wildman–Crippen LogP) is 2.74. The van der Waals surface area contributed by atoms with E-state index in [9.17, 15) is 19.5 Å². The molecule has 2 aromatic carbocycles. The van der Waals surface area contributed by atoms with E-state index >= 15 is 0 Å². The van der Waals surface area contributed by atoms with Gasteiger partial charge in [0.05, 0.1) is 30.6 Å². The molecule has 0 saturated carbocycles. The third-order valence-corrected chi connectivity index (χ3v) is 8.04. The second kappa shape index (κ2) is 9.84. The molecule has 0 aromatic heterocycles. The highest BCUT2D eigenvalue weighted by molar-refractivity contribution is 6.30. The molecule has 8 nitrogen and oxygen atoms in total. The summed E-state index contributed by atoms with van der Waals surface area (Å²) in [6, 6.07) is 14.8. The number of likely N-dealkylation sites (tertiary alicyclic amines) is 1. The van der Waals surface area contributed by atoms with Crippen LogP contribution in [0.3, 0.4) is 0 Å². The molecule has 2 unspecified atom stereocenters. The van der Waals surface area contributed by atoms with Crippen LogP contribution in [0.2, 0.25) is 5.02 Å². The molecule has 3 aliphatic heterocycles. The van der Waals surface area contributed by atoms with Crippen LogP contribution in [0.1, 0.15) is 31.7 Å². The average Bonchev–Trinajstić information content (AvgIpc) is 3.53. The molecule has 3 aliphatic rings. The van der Waals surface area contributed by atoms with Gasteiger partial charge < -0.3 is 25.4 Å². The van der Waals surface area contributed by atoms with Crippen LogP contribution in [-0.2, 0) is 25.7 Å². The van der Waals surface area contributed by atoms with E-state index in [4.69, 9.17) is 16.3 Å². The first-order valence-electron chi connectivity index (χ1n) is 12.4. The molecule has 6 atom stereocenters. The van der Waals surface area contributed by atoms with Gasteiger partial charge in [0.15, 0.2) is 0 Å². The molecule has 2 bridgehead atoms. The Labute approximate surface area is 215 Å². The van der Waals surface area contributed by atoms with Gasteiger partial charge in [0.1, 0.15) is 11.6 Å². The maximum atomic E-state index is 13.9. The molecule has 1 spiro atoms. The number of hydrogen-bond donors (Lipinski definition) is 3. The van der Waals surface area contributed by atoms with Crippen LogP contribution in [0, 0.1) is 11.8 Å². The second-order valence-electron chi connectivity index (χ2n) is 9.75. The van der Waals surface area contributed by atoms with Crippen molar-refractivity contribution in [3.63, 3.8) is 0 Å². The van der Waals surface area contributed by atoms with Crippen LogP contribution < -0.4 is 10.6 Å². The fraction of sp³-hybridized carbons (Fsp3) is 0.444. The Hall–Kier alpha value is -2.94. The van der Waals surface area contributed by atoms with Crippen molar-refractivity contribution in [2.24, 2.45) is 11.8 Å². The first-order chi connectivity index (χ1) is 17.4. The maximum absolute atomic E-state index is 13.9. The number of halogens is 1.